The Bertz CT molecular complexity index is 722. The Balaban J connectivity index is 1.39. The lowest BCUT2D eigenvalue weighted by molar-refractivity contribution is 0.148. The van der Waals surface area contributed by atoms with Gasteiger partial charge in [-0.05, 0) is 38.2 Å². The molecule has 0 spiro atoms. The molecule has 2 N–H and O–H groups in total. The van der Waals surface area contributed by atoms with Gasteiger partial charge in [0.15, 0.2) is 5.96 Å². The molecule has 0 atom stereocenters. The van der Waals surface area contributed by atoms with Crippen molar-refractivity contribution in [1.29, 1.82) is 0 Å². The number of aromatic nitrogens is 2. The van der Waals surface area contributed by atoms with Crippen molar-refractivity contribution >= 4 is 17.3 Å². The summed E-state index contributed by atoms with van der Waals surface area (Å²) >= 11 is 1.74. The molecule has 0 aliphatic heterocycles. The van der Waals surface area contributed by atoms with E-state index in [2.05, 4.69) is 38.6 Å². The number of hydrogen-bond donors (Lipinski definition) is 2. The first kappa shape index (κ1) is 19.6. The van der Waals surface area contributed by atoms with Gasteiger partial charge in [-0.1, -0.05) is 12.5 Å². The van der Waals surface area contributed by atoms with Crippen LogP contribution >= 0.6 is 11.3 Å². The lowest BCUT2D eigenvalue weighted by Crippen LogP contribution is -2.37. The van der Waals surface area contributed by atoms with Gasteiger partial charge in [0.25, 0.3) is 0 Å². The van der Waals surface area contributed by atoms with E-state index in [1.54, 1.807) is 18.4 Å². The first-order chi connectivity index (χ1) is 13.2. The molecule has 27 heavy (non-hydrogen) atoms. The normalized spacial score (nSPS) is 15.6. The Morgan fingerprint density at radius 2 is 2.04 bits per heavy atom. The highest BCUT2D eigenvalue weighted by Gasteiger charge is 2.15. The summed E-state index contributed by atoms with van der Waals surface area (Å²) in [4.78, 5) is 14.3. The minimum atomic E-state index is 0.333. The highest BCUT2D eigenvalue weighted by atomic mass is 32.1. The molecule has 3 rings (SSSR count). The third kappa shape index (κ3) is 6.50. The van der Waals surface area contributed by atoms with E-state index < -0.39 is 0 Å². The average Bonchev–Trinajstić information content (AvgIpc) is 3.11. The third-order valence-electron chi connectivity index (χ3n) is 4.62. The number of ether oxygens (including phenoxy) is 1. The van der Waals surface area contributed by atoms with Crippen LogP contribution in [-0.4, -0.2) is 35.6 Å². The number of nitrogens with one attached hydrogen (secondary N) is 2. The van der Waals surface area contributed by atoms with Gasteiger partial charge in [0, 0.05) is 49.9 Å². The van der Waals surface area contributed by atoms with Gasteiger partial charge >= 0.3 is 0 Å². The summed E-state index contributed by atoms with van der Waals surface area (Å²) in [5.41, 5.74) is 1.10. The molecule has 1 aliphatic rings. The molecular formula is C20H29N5OS. The highest BCUT2D eigenvalue weighted by molar-refractivity contribution is 7.11. The molecule has 2 heterocycles. The quantitative estimate of drug-likeness (QED) is 0.562. The highest BCUT2D eigenvalue weighted by Crippen LogP contribution is 2.22. The van der Waals surface area contributed by atoms with Crippen LogP contribution in [0.3, 0.4) is 0 Å². The summed E-state index contributed by atoms with van der Waals surface area (Å²) in [5.74, 6) is 1.51. The SMILES string of the molecule is CN=C(NCCc1ncc(C)s1)NCc1ccc(OC2CCCCC2)nc1. The molecular weight excluding hydrogens is 358 g/mol. The van der Waals surface area contributed by atoms with E-state index in [4.69, 9.17) is 4.74 Å². The molecule has 7 heteroatoms. The van der Waals surface area contributed by atoms with Crippen LogP contribution in [0.25, 0.3) is 0 Å². The van der Waals surface area contributed by atoms with E-state index in [0.29, 0.717) is 12.6 Å². The zero-order valence-electron chi connectivity index (χ0n) is 16.2. The fourth-order valence-corrected chi connectivity index (χ4v) is 3.94. The van der Waals surface area contributed by atoms with Crippen LogP contribution in [-0.2, 0) is 13.0 Å². The van der Waals surface area contributed by atoms with Crippen LogP contribution in [0.4, 0.5) is 0 Å². The Kier molecular flexibility index (Phi) is 7.45. The van der Waals surface area contributed by atoms with E-state index in [-0.39, 0.29) is 0 Å². The van der Waals surface area contributed by atoms with Crippen molar-refractivity contribution in [2.75, 3.05) is 13.6 Å². The summed E-state index contributed by atoms with van der Waals surface area (Å²) in [6, 6.07) is 4.02. The molecule has 146 valence electrons. The van der Waals surface area contributed by atoms with E-state index in [0.717, 1.165) is 48.2 Å². The first-order valence-electron chi connectivity index (χ1n) is 9.70. The molecule has 1 saturated carbocycles. The molecule has 6 nitrogen and oxygen atoms in total. The molecule has 1 aliphatic carbocycles. The van der Waals surface area contributed by atoms with Crippen LogP contribution < -0.4 is 15.4 Å². The summed E-state index contributed by atoms with van der Waals surface area (Å²) in [6.45, 7) is 3.56. The van der Waals surface area contributed by atoms with Gasteiger partial charge in [0.2, 0.25) is 5.88 Å². The zero-order valence-corrected chi connectivity index (χ0v) is 17.0. The number of aliphatic imine (C=N–C) groups is 1. The van der Waals surface area contributed by atoms with Gasteiger partial charge in [-0.3, -0.25) is 4.99 Å². The van der Waals surface area contributed by atoms with Gasteiger partial charge < -0.3 is 15.4 Å². The summed E-state index contributed by atoms with van der Waals surface area (Å²) < 4.78 is 5.98. The topological polar surface area (TPSA) is 71.4 Å². The molecule has 0 aromatic carbocycles. The minimum Gasteiger partial charge on any atom is -0.474 e. The summed E-state index contributed by atoms with van der Waals surface area (Å²) in [7, 11) is 1.78. The fraction of sp³-hybridized carbons (Fsp3) is 0.550. The van der Waals surface area contributed by atoms with Crippen LogP contribution in [0.1, 0.15) is 47.6 Å². The van der Waals surface area contributed by atoms with Gasteiger partial charge in [0.1, 0.15) is 6.10 Å². The standard InChI is InChI=1S/C20H29N5OS/c1-15-12-24-19(27-15)10-11-22-20(21-2)25-14-16-8-9-18(23-13-16)26-17-6-4-3-5-7-17/h8-9,12-13,17H,3-7,10-11,14H2,1-2H3,(H2,21,22,25). The maximum atomic E-state index is 5.98. The number of thiazole rings is 1. The van der Waals surface area contributed by atoms with E-state index in [9.17, 15) is 0 Å². The lowest BCUT2D eigenvalue weighted by Gasteiger charge is -2.22. The minimum absolute atomic E-state index is 0.333. The summed E-state index contributed by atoms with van der Waals surface area (Å²) in [6.07, 6.45) is 11.2. The monoisotopic (exact) mass is 387 g/mol. The van der Waals surface area contributed by atoms with Crippen LogP contribution in [0.5, 0.6) is 5.88 Å². The molecule has 0 unspecified atom stereocenters. The van der Waals surface area contributed by atoms with E-state index in [1.807, 2.05) is 18.5 Å². The average molecular weight is 388 g/mol. The molecule has 0 bridgehead atoms. The molecule has 2 aromatic heterocycles. The molecule has 0 amide bonds. The molecule has 2 aromatic rings. The maximum absolute atomic E-state index is 5.98. The third-order valence-corrected chi connectivity index (χ3v) is 5.59. The molecule has 0 radical (unpaired) electrons. The first-order valence-corrected chi connectivity index (χ1v) is 10.5. The van der Waals surface area contributed by atoms with Crippen molar-refractivity contribution in [3.05, 3.63) is 40.0 Å². The maximum Gasteiger partial charge on any atom is 0.213 e. The second-order valence-corrected chi connectivity index (χ2v) is 8.17. The van der Waals surface area contributed by atoms with Crippen molar-refractivity contribution in [1.82, 2.24) is 20.6 Å². The van der Waals surface area contributed by atoms with Crippen LogP contribution in [0.2, 0.25) is 0 Å². The van der Waals surface area contributed by atoms with Gasteiger partial charge in [-0.2, -0.15) is 0 Å². The number of guanidine groups is 1. The fourth-order valence-electron chi connectivity index (χ4n) is 3.15. The van der Waals surface area contributed by atoms with Crippen LogP contribution in [0, 0.1) is 6.92 Å². The van der Waals surface area contributed by atoms with Crippen LogP contribution in [0.15, 0.2) is 29.5 Å². The largest absolute Gasteiger partial charge is 0.474 e. The van der Waals surface area contributed by atoms with Crippen molar-refractivity contribution in [2.45, 2.75) is 58.1 Å². The number of rotatable bonds is 7. The molecule has 1 fully saturated rings. The van der Waals surface area contributed by atoms with Gasteiger partial charge in [0.05, 0.1) is 5.01 Å². The molecule has 0 saturated heterocycles. The second-order valence-electron chi connectivity index (χ2n) is 6.85. The number of aryl methyl sites for hydroxylation is 1. The number of nitrogens with zero attached hydrogens (tertiary/aromatic N) is 3. The lowest BCUT2D eigenvalue weighted by atomic mass is 9.98. The van der Waals surface area contributed by atoms with Gasteiger partial charge in [-0.25, -0.2) is 9.97 Å². The second kappa shape index (κ2) is 10.3. The van der Waals surface area contributed by atoms with Gasteiger partial charge in [-0.15, -0.1) is 11.3 Å². The number of pyridine rings is 1. The number of hydrogen-bond acceptors (Lipinski definition) is 5. The van der Waals surface area contributed by atoms with Crippen molar-refractivity contribution in [3.8, 4) is 5.88 Å². The Hall–Kier alpha value is -2.15. The van der Waals surface area contributed by atoms with Crippen molar-refractivity contribution in [2.24, 2.45) is 4.99 Å². The van der Waals surface area contributed by atoms with Crippen molar-refractivity contribution < 1.29 is 4.74 Å². The zero-order chi connectivity index (χ0) is 18.9. The van der Waals surface area contributed by atoms with E-state index in [1.165, 1.54) is 24.1 Å². The Labute approximate surface area is 165 Å². The summed E-state index contributed by atoms with van der Waals surface area (Å²) in [5, 5.41) is 7.79. The Morgan fingerprint density at radius 1 is 1.19 bits per heavy atom. The van der Waals surface area contributed by atoms with Crippen molar-refractivity contribution in [3.63, 3.8) is 0 Å². The predicted octanol–water partition coefficient (Wildman–Crippen LogP) is 3.47. The van der Waals surface area contributed by atoms with E-state index >= 15 is 0 Å². The smallest absolute Gasteiger partial charge is 0.213 e. The predicted molar refractivity (Wildman–Crippen MR) is 110 cm³/mol. The Morgan fingerprint density at radius 3 is 2.70 bits per heavy atom.